The summed E-state index contributed by atoms with van der Waals surface area (Å²) in [5.74, 6) is -3.43. The summed E-state index contributed by atoms with van der Waals surface area (Å²) < 4.78 is 21.6. The number of hydroxylamine groups is 3. The number of carboxylic acids is 2. The van der Waals surface area contributed by atoms with Crippen LogP contribution >= 0.6 is 0 Å². The summed E-state index contributed by atoms with van der Waals surface area (Å²) in [4.78, 5) is 96.6. The first-order chi connectivity index (χ1) is 38.7. The number of carbonyl (C=O) groups is 7. The second-order valence-corrected chi connectivity index (χ2v) is 18.3. The van der Waals surface area contributed by atoms with Crippen LogP contribution in [0.5, 0.6) is 11.5 Å². The molecule has 0 saturated heterocycles. The molecule has 5 amide bonds. The maximum atomic E-state index is 13.0. The van der Waals surface area contributed by atoms with Crippen LogP contribution in [0.4, 0.5) is 0 Å². The average Bonchev–Trinajstić information content (AvgIpc) is 4.19. The Morgan fingerprint density at radius 2 is 1.04 bits per heavy atom. The van der Waals surface area contributed by atoms with Crippen molar-refractivity contribution in [1.29, 1.82) is 0 Å². The van der Waals surface area contributed by atoms with E-state index in [-0.39, 0.29) is 72.6 Å². The standard InChI is InChI=1S/C30H35N3O8.C29H35N3O7/c1-3-4-6-11-22(17-33(20-34)40-18-21-9-7-5-8-10-21)28(35)31-19-32-29(36)27-13-12-26(41-27)23-14-24(30(37)38)16-25(15-23)39-2;1-3-4-6-11-21(17-32-38-18-20-9-7-5-8-10-20)27(33)30-19-31-28(34)26-13-12-25(39-26)22-14-23(29(35)36)16-24(15-22)37-2/h5,7-10,12-16,20,22H,3-4,6,11,17-19H2,1-2H3,(H,31,35)(H,32,36)(H,37,38);5,7-10,12-16,21,32H,3-4,6,11,17-19H2,1-2H3,(H,30,33)(H,31,34)(H,35,36)/t22-;21-/m11/s1. The van der Waals surface area contributed by atoms with Crippen molar-refractivity contribution >= 4 is 42.0 Å². The summed E-state index contributed by atoms with van der Waals surface area (Å²) in [6.45, 7) is 4.92. The van der Waals surface area contributed by atoms with Crippen LogP contribution in [0.3, 0.4) is 0 Å². The molecule has 426 valence electrons. The van der Waals surface area contributed by atoms with E-state index >= 15 is 0 Å². The topological polar surface area (TPSA) is 287 Å². The molecule has 0 bridgehead atoms. The highest BCUT2D eigenvalue weighted by Crippen LogP contribution is 2.30. The normalized spacial score (nSPS) is 11.4. The molecule has 6 rings (SSSR count). The summed E-state index contributed by atoms with van der Waals surface area (Å²) in [5.41, 5.74) is 5.74. The Hall–Kier alpha value is -8.79. The lowest BCUT2D eigenvalue weighted by atomic mass is 10.0. The van der Waals surface area contributed by atoms with Gasteiger partial charge in [-0.25, -0.2) is 20.1 Å². The highest BCUT2D eigenvalue weighted by molar-refractivity contribution is 5.94. The predicted molar refractivity (Wildman–Crippen MR) is 295 cm³/mol. The number of nitrogens with one attached hydrogen (secondary N) is 5. The smallest absolute Gasteiger partial charge is 0.335 e. The van der Waals surface area contributed by atoms with E-state index in [9.17, 15) is 43.8 Å². The van der Waals surface area contributed by atoms with Crippen LogP contribution in [0.1, 0.15) is 118 Å². The van der Waals surface area contributed by atoms with Gasteiger partial charge in [-0.2, -0.15) is 0 Å². The number of amides is 5. The number of carboxylic acid groups (broad SMARTS) is 2. The first-order valence-corrected chi connectivity index (χ1v) is 26.2. The van der Waals surface area contributed by atoms with Crippen molar-refractivity contribution in [2.75, 3.05) is 40.6 Å². The number of rotatable bonds is 33. The number of carbonyl (C=O) groups excluding carboxylic acids is 5. The van der Waals surface area contributed by atoms with Gasteiger partial charge in [-0.3, -0.25) is 33.6 Å². The van der Waals surface area contributed by atoms with Gasteiger partial charge in [0.1, 0.15) is 29.6 Å². The Kier molecular flexibility index (Phi) is 26.0. The Balaban J connectivity index is 0.000000294. The molecule has 0 spiro atoms. The molecule has 80 heavy (non-hydrogen) atoms. The van der Waals surface area contributed by atoms with Gasteiger partial charge in [0.25, 0.3) is 11.8 Å². The summed E-state index contributed by atoms with van der Waals surface area (Å²) in [6.07, 6.45) is 7.48. The third-order valence-electron chi connectivity index (χ3n) is 12.4. The van der Waals surface area contributed by atoms with Crippen LogP contribution in [0.25, 0.3) is 22.6 Å². The van der Waals surface area contributed by atoms with Gasteiger partial charge in [0, 0.05) is 17.7 Å². The van der Waals surface area contributed by atoms with Crippen LogP contribution in [0.2, 0.25) is 0 Å². The molecule has 0 aliphatic carbocycles. The van der Waals surface area contributed by atoms with Gasteiger partial charge in [-0.05, 0) is 84.6 Å². The average molecular weight is 1100 g/mol. The van der Waals surface area contributed by atoms with E-state index in [0.717, 1.165) is 54.7 Å². The minimum absolute atomic E-state index is 0.0107. The van der Waals surface area contributed by atoms with Crippen molar-refractivity contribution < 1.29 is 71.8 Å². The van der Waals surface area contributed by atoms with Crippen molar-refractivity contribution in [3.8, 4) is 34.1 Å². The van der Waals surface area contributed by atoms with E-state index in [1.165, 1.54) is 50.6 Å². The SMILES string of the molecule is CCCCC[C@H](CN(C=O)OCc1ccccc1)C(=O)NCNC(=O)c1ccc(-c2cc(OC)cc(C(=O)O)c2)o1.CCCCC[C@H](CNOCc1ccccc1)C(=O)NCNC(=O)c1ccc(-c2cc(OC)cc(C(=O)O)c2)o1. The summed E-state index contributed by atoms with van der Waals surface area (Å²) in [6, 6.07) is 34.0. The van der Waals surface area contributed by atoms with Crippen LogP contribution in [-0.4, -0.2) is 97.9 Å². The molecule has 21 nitrogen and oxygen atoms in total. The van der Waals surface area contributed by atoms with Gasteiger partial charge in [0.15, 0.2) is 11.5 Å². The lowest BCUT2D eigenvalue weighted by Crippen LogP contribution is -2.43. The zero-order valence-corrected chi connectivity index (χ0v) is 45.3. The highest BCUT2D eigenvalue weighted by atomic mass is 16.7. The number of furan rings is 2. The first-order valence-electron chi connectivity index (χ1n) is 26.2. The third-order valence-corrected chi connectivity index (χ3v) is 12.4. The number of ether oxygens (including phenoxy) is 2. The summed E-state index contributed by atoms with van der Waals surface area (Å²) in [5, 5.41) is 30.4. The molecule has 0 aliphatic rings. The Labute approximate surface area is 464 Å². The number of aromatic carboxylic acids is 2. The second-order valence-electron chi connectivity index (χ2n) is 18.3. The van der Waals surface area contributed by atoms with Gasteiger partial charge >= 0.3 is 11.9 Å². The van der Waals surface area contributed by atoms with Crippen molar-refractivity contribution in [1.82, 2.24) is 31.8 Å². The zero-order valence-electron chi connectivity index (χ0n) is 45.3. The summed E-state index contributed by atoms with van der Waals surface area (Å²) in [7, 11) is 2.85. The van der Waals surface area contributed by atoms with Crippen LogP contribution in [0.15, 0.2) is 130 Å². The van der Waals surface area contributed by atoms with Crippen molar-refractivity contribution in [3.63, 3.8) is 0 Å². The van der Waals surface area contributed by atoms with E-state index in [2.05, 4.69) is 40.6 Å². The third kappa shape index (κ3) is 20.5. The van der Waals surface area contributed by atoms with Crippen molar-refractivity contribution in [2.45, 2.75) is 78.4 Å². The fourth-order valence-corrected chi connectivity index (χ4v) is 7.94. The van der Waals surface area contributed by atoms with Gasteiger partial charge in [0.2, 0.25) is 18.2 Å². The van der Waals surface area contributed by atoms with Crippen molar-refractivity contribution in [2.24, 2.45) is 11.8 Å². The molecule has 0 aliphatic heterocycles. The molecule has 0 unspecified atom stereocenters. The summed E-state index contributed by atoms with van der Waals surface area (Å²) >= 11 is 0. The molecule has 7 N–H and O–H groups in total. The van der Waals surface area contributed by atoms with E-state index in [1.807, 2.05) is 60.7 Å². The highest BCUT2D eigenvalue weighted by Gasteiger charge is 2.24. The van der Waals surface area contributed by atoms with E-state index in [1.54, 1.807) is 24.3 Å². The van der Waals surface area contributed by atoms with Crippen LogP contribution < -0.4 is 36.2 Å². The molecule has 6 aromatic rings. The number of nitrogens with zero attached hydrogens (tertiary/aromatic N) is 1. The lowest BCUT2D eigenvalue weighted by Gasteiger charge is -2.23. The first kappa shape index (κ1) is 62.1. The van der Waals surface area contributed by atoms with Gasteiger partial charge < -0.3 is 49.8 Å². The molecular weight excluding hydrogens is 1030 g/mol. The predicted octanol–water partition coefficient (Wildman–Crippen LogP) is 8.62. The number of hydrogen-bond acceptors (Lipinski definition) is 14. The largest absolute Gasteiger partial charge is 0.497 e. The van der Waals surface area contributed by atoms with E-state index in [0.29, 0.717) is 60.8 Å². The van der Waals surface area contributed by atoms with E-state index < -0.39 is 29.7 Å². The van der Waals surface area contributed by atoms with Crippen LogP contribution in [0, 0.1) is 11.8 Å². The Bertz CT molecular complexity index is 2930. The quantitative estimate of drug-likeness (QED) is 0.00878. The molecule has 21 heteroatoms. The van der Waals surface area contributed by atoms with E-state index in [4.69, 9.17) is 28.0 Å². The molecule has 0 radical (unpaired) electrons. The molecule has 2 aromatic heterocycles. The lowest BCUT2D eigenvalue weighted by molar-refractivity contribution is -0.182. The molecule has 2 atom stereocenters. The second kappa shape index (κ2) is 33.5. The monoisotopic (exact) mass is 1100 g/mol. The fourth-order valence-electron chi connectivity index (χ4n) is 7.94. The van der Waals surface area contributed by atoms with Crippen molar-refractivity contribution in [3.05, 3.63) is 155 Å². The van der Waals surface area contributed by atoms with Gasteiger partial charge in [0.05, 0.1) is 63.7 Å². The Morgan fingerprint density at radius 1 is 0.575 bits per heavy atom. The maximum absolute atomic E-state index is 13.0. The zero-order chi connectivity index (χ0) is 57.7. The Morgan fingerprint density at radius 3 is 1.49 bits per heavy atom. The van der Waals surface area contributed by atoms with Gasteiger partial charge in [-0.15, -0.1) is 0 Å². The number of benzene rings is 4. The maximum Gasteiger partial charge on any atom is 0.335 e. The fraction of sp³-hybridized carbons (Fsp3) is 0.339. The molecule has 4 aromatic carbocycles. The molecule has 2 heterocycles. The van der Waals surface area contributed by atoms with Crippen LogP contribution in [-0.2, 0) is 37.3 Å². The molecule has 0 fully saturated rings. The number of methoxy groups -OCH3 is 2. The number of hydrogen-bond donors (Lipinski definition) is 7. The minimum atomic E-state index is -1.13. The van der Waals surface area contributed by atoms with Gasteiger partial charge in [-0.1, -0.05) is 113 Å². The minimum Gasteiger partial charge on any atom is -0.497 e. The molecule has 0 saturated carbocycles. The molecular formula is C59H70N6O15. The number of unbranched alkanes of at least 4 members (excludes halogenated alkanes) is 4.